The Morgan fingerprint density at radius 3 is 1.40 bits per heavy atom. The van der Waals surface area contributed by atoms with Crippen LogP contribution in [0.2, 0.25) is 13.1 Å². The van der Waals surface area contributed by atoms with Crippen molar-refractivity contribution in [2.45, 2.75) is 19.5 Å². The average Bonchev–Trinajstić information content (AvgIpc) is 3.66. The molecule has 4 nitrogen and oxygen atoms in total. The predicted molar refractivity (Wildman–Crippen MR) is 163 cm³/mol. The summed E-state index contributed by atoms with van der Waals surface area (Å²) in [6.07, 6.45) is 10.1. The first-order valence-corrected chi connectivity index (χ1v) is 17.7. The maximum absolute atomic E-state index is 12.2. The monoisotopic (exact) mass is 616 g/mol. The first kappa shape index (κ1) is 34.2. The standard InChI is InChI=1S/C13H9.2C7H5FO2.C5H5.C2H6Si.Ti/c1-3-7-12-10(5-1)9-11-6-2-4-8-13(11)12;2*8-6-3-1-5(2-4-6)7(9)10;1-2-4-5-3-1;1-3-2;/h1-9H;2*1-4H,(H,9,10);1-3H,4H2;1-2H3;/q-1;;;-1;;+2. The summed E-state index contributed by atoms with van der Waals surface area (Å²) in [6, 6.07) is 28.6. The molecular formula is C34H30F2O4SiTi. The first-order valence-electron chi connectivity index (χ1n) is 12.8. The van der Waals surface area contributed by atoms with Crippen molar-refractivity contribution in [3.05, 3.63) is 150 Å². The Labute approximate surface area is 256 Å². The van der Waals surface area contributed by atoms with Gasteiger partial charge >= 0.3 is 50.4 Å². The zero-order chi connectivity index (χ0) is 30.9. The summed E-state index contributed by atoms with van der Waals surface area (Å²) in [7, 11) is 0. The van der Waals surface area contributed by atoms with Crippen LogP contribution in [-0.2, 0) is 19.2 Å². The molecule has 0 heterocycles. The molecule has 0 aromatic heterocycles. The second-order valence-electron chi connectivity index (χ2n) is 8.95. The fourth-order valence-electron chi connectivity index (χ4n) is 3.43. The van der Waals surface area contributed by atoms with E-state index in [1.54, 1.807) is 0 Å². The van der Waals surface area contributed by atoms with Gasteiger partial charge in [-0.3, -0.25) is 6.08 Å². The molecule has 0 unspecified atom stereocenters. The number of hydrogen-bond acceptors (Lipinski definition) is 2. The molecule has 2 N–H and O–H groups in total. The van der Waals surface area contributed by atoms with Gasteiger partial charge in [0.05, 0.1) is 11.1 Å². The SMILES string of the molecule is C[Si](C)=[Ti+2].O=C(O)c1ccc(F)cc1.O=C(O)c1ccc(F)cc1.[C-]1=CC=CC1.c1ccc2c(c1)[cH-]c1ccccc12. The second-order valence-corrected chi connectivity index (χ2v) is 15.6. The van der Waals surface area contributed by atoms with Gasteiger partial charge in [-0.25, -0.2) is 30.5 Å². The summed E-state index contributed by atoms with van der Waals surface area (Å²) >= 11 is 2.27. The molecule has 5 aromatic carbocycles. The minimum Gasteiger partial charge on any atom is -0.478 e. The summed E-state index contributed by atoms with van der Waals surface area (Å²) in [4.78, 5) is 20.4. The number of carboxylic acid groups (broad SMARTS) is 2. The summed E-state index contributed by atoms with van der Waals surface area (Å²) < 4.78 is 24.3. The Hall–Kier alpha value is -4.04. The van der Waals surface area contributed by atoms with E-state index >= 15 is 0 Å². The number of carbonyl (C=O) groups is 2. The maximum atomic E-state index is 12.2. The molecule has 0 saturated heterocycles. The van der Waals surface area contributed by atoms with E-state index in [2.05, 4.69) is 99.0 Å². The number of halogens is 2. The third-order valence-electron chi connectivity index (χ3n) is 5.29. The smallest absolute Gasteiger partial charge is 0.335 e. The van der Waals surface area contributed by atoms with E-state index in [1.807, 2.05) is 12.2 Å². The van der Waals surface area contributed by atoms with Gasteiger partial charge in [-0.1, -0.05) is 36.4 Å². The van der Waals surface area contributed by atoms with E-state index in [9.17, 15) is 18.4 Å². The molecule has 1 aliphatic carbocycles. The van der Waals surface area contributed by atoms with Gasteiger partial charge in [0, 0.05) is 0 Å². The molecule has 42 heavy (non-hydrogen) atoms. The molecule has 8 heteroatoms. The van der Waals surface area contributed by atoms with Crippen molar-refractivity contribution in [3.63, 3.8) is 0 Å². The van der Waals surface area contributed by atoms with Gasteiger partial charge in [-0.15, -0.1) is 46.2 Å². The van der Waals surface area contributed by atoms with E-state index in [0.717, 1.165) is 30.7 Å². The molecule has 0 aliphatic heterocycles. The zero-order valence-electron chi connectivity index (χ0n) is 23.2. The third kappa shape index (κ3) is 12.6. The largest absolute Gasteiger partial charge is 0.478 e. The van der Waals surface area contributed by atoms with Crippen molar-refractivity contribution in [2.75, 3.05) is 0 Å². The van der Waals surface area contributed by atoms with Crippen LogP contribution in [0.3, 0.4) is 0 Å². The van der Waals surface area contributed by atoms with Gasteiger partial charge in [0.1, 0.15) is 11.6 Å². The molecule has 0 amide bonds. The number of carboxylic acids is 2. The van der Waals surface area contributed by atoms with Crippen molar-refractivity contribution < 1.29 is 47.8 Å². The quantitative estimate of drug-likeness (QED) is 0.154. The average molecular weight is 617 g/mol. The third-order valence-corrected chi connectivity index (χ3v) is 5.29. The van der Waals surface area contributed by atoms with Crippen LogP contribution in [0.25, 0.3) is 21.5 Å². The van der Waals surface area contributed by atoms with Crippen LogP contribution >= 0.6 is 0 Å². The van der Waals surface area contributed by atoms with Crippen molar-refractivity contribution in [2.24, 2.45) is 0 Å². The molecule has 5 aromatic rings. The summed E-state index contributed by atoms with van der Waals surface area (Å²) in [5, 5.41) is 22.1. The van der Waals surface area contributed by atoms with Crippen LogP contribution in [0.15, 0.2) is 121 Å². The van der Waals surface area contributed by atoms with E-state index in [4.69, 9.17) is 10.2 Å². The van der Waals surface area contributed by atoms with Crippen LogP contribution in [0, 0.1) is 17.7 Å². The molecule has 0 atom stereocenters. The minimum absolute atomic E-state index is 0.0985. The van der Waals surface area contributed by atoms with E-state index in [-0.39, 0.29) is 17.3 Å². The molecular weight excluding hydrogens is 586 g/mol. The topological polar surface area (TPSA) is 74.6 Å². The van der Waals surface area contributed by atoms with Crippen LogP contribution in [0.5, 0.6) is 0 Å². The molecule has 0 saturated carbocycles. The van der Waals surface area contributed by atoms with Gasteiger partial charge in [-0.05, 0) is 48.5 Å². The Morgan fingerprint density at radius 1 is 0.738 bits per heavy atom. The van der Waals surface area contributed by atoms with Crippen LogP contribution in [0.1, 0.15) is 27.1 Å². The molecule has 0 fully saturated rings. The first-order chi connectivity index (χ1) is 20.1. The number of benzene rings is 4. The molecule has 0 bridgehead atoms. The van der Waals surface area contributed by atoms with Gasteiger partial charge in [0.25, 0.3) is 0 Å². The van der Waals surface area contributed by atoms with Crippen LogP contribution < -0.4 is 0 Å². The van der Waals surface area contributed by atoms with E-state index in [1.165, 1.54) is 45.8 Å². The van der Waals surface area contributed by atoms with Gasteiger partial charge < -0.3 is 10.2 Å². The predicted octanol–water partition coefficient (Wildman–Crippen LogP) is 8.85. The zero-order valence-corrected chi connectivity index (χ0v) is 25.8. The van der Waals surface area contributed by atoms with Crippen molar-refractivity contribution in [3.8, 4) is 0 Å². The summed E-state index contributed by atoms with van der Waals surface area (Å²) in [5.41, 5.74) is 0.197. The fourth-order valence-corrected chi connectivity index (χ4v) is 3.43. The van der Waals surface area contributed by atoms with E-state index < -0.39 is 23.6 Å². The number of hydrogen-bond donors (Lipinski definition) is 2. The Kier molecular flexibility index (Phi) is 15.0. The Balaban J connectivity index is 0.000000194. The summed E-state index contributed by atoms with van der Waals surface area (Å²) in [5.74, 6) is -2.94. The molecule has 212 valence electrons. The van der Waals surface area contributed by atoms with Gasteiger partial charge in [-0.2, -0.15) is 6.08 Å². The van der Waals surface area contributed by atoms with Gasteiger partial charge in [0.2, 0.25) is 0 Å². The van der Waals surface area contributed by atoms with E-state index in [0.29, 0.717) is 0 Å². The van der Waals surface area contributed by atoms with Crippen LogP contribution in [-0.4, -0.2) is 28.3 Å². The Morgan fingerprint density at radius 2 is 1.12 bits per heavy atom. The normalized spacial score (nSPS) is 10.6. The second kappa shape index (κ2) is 18.4. The number of allylic oxidation sites excluding steroid dienone is 4. The fraction of sp³-hybridized carbons (Fsp3) is 0.0882. The number of rotatable bonds is 2. The van der Waals surface area contributed by atoms with Crippen molar-refractivity contribution >= 4 is 39.7 Å². The number of aromatic carboxylic acids is 2. The molecule has 0 spiro atoms. The van der Waals surface area contributed by atoms with Crippen molar-refractivity contribution in [1.29, 1.82) is 0 Å². The minimum atomic E-state index is -1.04. The molecule has 1 aliphatic rings. The summed E-state index contributed by atoms with van der Waals surface area (Å²) in [6.45, 7) is 4.54. The van der Waals surface area contributed by atoms with Crippen LogP contribution in [0.4, 0.5) is 8.78 Å². The molecule has 0 radical (unpaired) electrons. The number of fused-ring (bicyclic) bond motifs is 3. The Bertz CT molecular complexity index is 1540. The van der Waals surface area contributed by atoms with Gasteiger partial charge in [0.15, 0.2) is 0 Å². The maximum Gasteiger partial charge on any atom is 0.335 e. The van der Waals surface area contributed by atoms with Crippen molar-refractivity contribution in [1.82, 2.24) is 0 Å². The molecule has 6 rings (SSSR count).